The van der Waals surface area contributed by atoms with Crippen LogP contribution in [0.1, 0.15) is 38.7 Å². The van der Waals surface area contributed by atoms with Gasteiger partial charge in [-0.2, -0.15) is 4.31 Å². The number of hydrogen-bond acceptors (Lipinski definition) is 3. The Morgan fingerprint density at radius 1 is 1.36 bits per heavy atom. The monoisotopic (exact) mass is 324 g/mol. The molecule has 1 amide bonds. The molecule has 122 valence electrons. The highest BCUT2D eigenvalue weighted by molar-refractivity contribution is 7.89. The third-order valence-electron chi connectivity index (χ3n) is 4.13. The van der Waals surface area contributed by atoms with E-state index in [0.29, 0.717) is 19.4 Å². The molecule has 1 N–H and O–H groups in total. The zero-order valence-corrected chi connectivity index (χ0v) is 14.2. The minimum absolute atomic E-state index is 0.0528. The van der Waals surface area contributed by atoms with E-state index in [1.807, 2.05) is 20.8 Å². The fourth-order valence-corrected chi connectivity index (χ4v) is 4.23. The first-order valence-corrected chi connectivity index (χ1v) is 9.19. The first-order chi connectivity index (χ1) is 10.4. The summed E-state index contributed by atoms with van der Waals surface area (Å²) in [5.41, 5.74) is 1.01. The van der Waals surface area contributed by atoms with Gasteiger partial charge in [-0.3, -0.25) is 4.79 Å². The summed E-state index contributed by atoms with van der Waals surface area (Å²) < 4.78 is 26.9. The molecule has 1 heterocycles. The lowest BCUT2D eigenvalue weighted by molar-refractivity contribution is -0.124. The number of sulfonamides is 1. The lowest BCUT2D eigenvalue weighted by atomic mass is 10.2. The molecule has 0 aromatic heterocycles. The fourth-order valence-electron chi connectivity index (χ4n) is 2.58. The Morgan fingerprint density at radius 2 is 2.00 bits per heavy atom. The minimum atomic E-state index is -3.62. The molecule has 1 aromatic rings. The van der Waals surface area contributed by atoms with Crippen LogP contribution in [-0.4, -0.2) is 37.3 Å². The Hall–Kier alpha value is -1.40. The quantitative estimate of drug-likeness (QED) is 0.901. The maximum Gasteiger partial charge on any atom is 0.243 e. The number of nitrogens with zero attached hydrogens (tertiary/aromatic N) is 1. The minimum Gasteiger partial charge on any atom is -0.352 e. The molecule has 2 rings (SSSR count). The highest BCUT2D eigenvalue weighted by atomic mass is 32.2. The van der Waals surface area contributed by atoms with Crippen molar-refractivity contribution in [3.05, 3.63) is 29.8 Å². The van der Waals surface area contributed by atoms with E-state index >= 15 is 0 Å². The van der Waals surface area contributed by atoms with E-state index in [1.54, 1.807) is 24.3 Å². The average molecular weight is 324 g/mol. The largest absolute Gasteiger partial charge is 0.352 e. The van der Waals surface area contributed by atoms with E-state index in [4.69, 9.17) is 0 Å². The number of rotatable bonds is 5. The molecule has 6 heteroatoms. The van der Waals surface area contributed by atoms with Gasteiger partial charge in [0, 0.05) is 12.6 Å². The summed E-state index contributed by atoms with van der Waals surface area (Å²) in [5, 5.41) is 2.89. The topological polar surface area (TPSA) is 66.5 Å². The molecule has 1 aliphatic heterocycles. The van der Waals surface area contributed by atoms with Crippen LogP contribution in [0.2, 0.25) is 0 Å². The number of amides is 1. The summed E-state index contributed by atoms with van der Waals surface area (Å²) in [4.78, 5) is 12.6. The Balaban J connectivity index is 2.22. The van der Waals surface area contributed by atoms with Gasteiger partial charge in [-0.25, -0.2) is 8.42 Å². The van der Waals surface area contributed by atoms with Crippen LogP contribution < -0.4 is 5.32 Å². The second kappa shape index (κ2) is 6.79. The van der Waals surface area contributed by atoms with Crippen molar-refractivity contribution in [1.82, 2.24) is 9.62 Å². The van der Waals surface area contributed by atoms with Crippen molar-refractivity contribution in [2.45, 2.75) is 57.0 Å². The molecule has 5 nitrogen and oxygen atoms in total. The number of benzene rings is 1. The Labute approximate surface area is 132 Å². The normalized spacial score (nSPS) is 20.8. The van der Waals surface area contributed by atoms with Gasteiger partial charge in [0.25, 0.3) is 0 Å². The molecular formula is C16H24N2O3S. The molecule has 2 atom stereocenters. The summed E-state index contributed by atoms with van der Waals surface area (Å²) in [6.45, 7) is 6.22. The second-order valence-electron chi connectivity index (χ2n) is 5.90. The van der Waals surface area contributed by atoms with Gasteiger partial charge in [-0.1, -0.05) is 24.6 Å². The van der Waals surface area contributed by atoms with Crippen LogP contribution in [0.3, 0.4) is 0 Å². The molecule has 1 aliphatic rings. The van der Waals surface area contributed by atoms with Gasteiger partial charge in [0.1, 0.15) is 6.04 Å². The molecule has 1 aromatic carbocycles. The number of aryl methyl sites for hydroxylation is 1. The zero-order valence-electron chi connectivity index (χ0n) is 13.4. The van der Waals surface area contributed by atoms with Crippen molar-refractivity contribution >= 4 is 15.9 Å². The van der Waals surface area contributed by atoms with Gasteiger partial charge in [0.05, 0.1) is 4.90 Å². The molecule has 1 saturated heterocycles. The first-order valence-electron chi connectivity index (χ1n) is 7.75. The van der Waals surface area contributed by atoms with Crippen molar-refractivity contribution in [1.29, 1.82) is 0 Å². The summed E-state index contributed by atoms with van der Waals surface area (Å²) in [7, 11) is -3.62. The Kier molecular flexibility index (Phi) is 5.24. The van der Waals surface area contributed by atoms with Gasteiger partial charge in [0.15, 0.2) is 0 Å². The molecule has 0 saturated carbocycles. The Morgan fingerprint density at radius 3 is 2.59 bits per heavy atom. The van der Waals surface area contributed by atoms with Crippen LogP contribution in [-0.2, 0) is 14.8 Å². The van der Waals surface area contributed by atoms with Gasteiger partial charge in [-0.15, -0.1) is 0 Å². The van der Waals surface area contributed by atoms with Crippen molar-refractivity contribution in [2.24, 2.45) is 0 Å². The van der Waals surface area contributed by atoms with Crippen molar-refractivity contribution < 1.29 is 13.2 Å². The van der Waals surface area contributed by atoms with E-state index < -0.39 is 16.1 Å². The maximum absolute atomic E-state index is 12.8. The maximum atomic E-state index is 12.8. The summed E-state index contributed by atoms with van der Waals surface area (Å²) >= 11 is 0. The van der Waals surface area contributed by atoms with Crippen LogP contribution >= 0.6 is 0 Å². The van der Waals surface area contributed by atoms with Gasteiger partial charge in [-0.05, 0) is 45.2 Å². The molecule has 1 fully saturated rings. The van der Waals surface area contributed by atoms with E-state index in [1.165, 1.54) is 4.31 Å². The van der Waals surface area contributed by atoms with Gasteiger partial charge in [0.2, 0.25) is 15.9 Å². The molecular weight excluding hydrogens is 300 g/mol. The fraction of sp³-hybridized carbons (Fsp3) is 0.562. The molecule has 0 aliphatic carbocycles. The smallest absolute Gasteiger partial charge is 0.243 e. The standard InChI is InChI=1S/C16H24N2O3S/c1-4-13(3)17-16(19)15-6-5-11-18(15)22(20,21)14-9-7-12(2)8-10-14/h7-10,13,15H,4-6,11H2,1-3H3,(H,17,19)/t13-,15-/m0/s1. The molecule has 0 radical (unpaired) electrons. The van der Waals surface area contributed by atoms with E-state index in [9.17, 15) is 13.2 Å². The average Bonchev–Trinajstić information content (AvgIpc) is 2.97. The highest BCUT2D eigenvalue weighted by Gasteiger charge is 2.39. The lowest BCUT2D eigenvalue weighted by Gasteiger charge is -2.24. The molecule has 0 bridgehead atoms. The third-order valence-corrected chi connectivity index (χ3v) is 6.06. The van der Waals surface area contributed by atoms with Crippen LogP contribution in [0, 0.1) is 6.92 Å². The number of nitrogens with one attached hydrogen (secondary N) is 1. The highest BCUT2D eigenvalue weighted by Crippen LogP contribution is 2.26. The van der Waals surface area contributed by atoms with Crippen LogP contribution in [0.15, 0.2) is 29.2 Å². The zero-order chi connectivity index (χ0) is 16.3. The van der Waals surface area contributed by atoms with E-state index in [0.717, 1.165) is 12.0 Å². The molecule has 0 unspecified atom stereocenters. The van der Waals surface area contributed by atoms with Crippen molar-refractivity contribution in [2.75, 3.05) is 6.54 Å². The number of carbonyl (C=O) groups excluding carboxylic acids is 1. The lowest BCUT2D eigenvalue weighted by Crippen LogP contribution is -2.48. The van der Waals surface area contributed by atoms with Gasteiger partial charge >= 0.3 is 0 Å². The summed E-state index contributed by atoms with van der Waals surface area (Å²) in [6, 6.07) is 6.21. The number of carbonyl (C=O) groups is 1. The van der Waals surface area contributed by atoms with Crippen molar-refractivity contribution in [3.8, 4) is 0 Å². The molecule has 0 spiro atoms. The van der Waals surface area contributed by atoms with Crippen LogP contribution in [0.4, 0.5) is 0 Å². The van der Waals surface area contributed by atoms with Crippen molar-refractivity contribution in [3.63, 3.8) is 0 Å². The van der Waals surface area contributed by atoms with Crippen LogP contribution in [0.5, 0.6) is 0 Å². The number of hydrogen-bond donors (Lipinski definition) is 1. The third kappa shape index (κ3) is 3.50. The predicted octanol–water partition coefficient (Wildman–Crippen LogP) is 2.06. The Bertz CT molecular complexity index is 625. The van der Waals surface area contributed by atoms with Crippen LogP contribution in [0.25, 0.3) is 0 Å². The summed E-state index contributed by atoms with van der Waals surface area (Å²) in [5.74, 6) is -0.192. The summed E-state index contributed by atoms with van der Waals surface area (Å²) in [6.07, 6.45) is 2.11. The van der Waals surface area contributed by atoms with E-state index in [2.05, 4.69) is 5.32 Å². The second-order valence-corrected chi connectivity index (χ2v) is 7.80. The van der Waals surface area contributed by atoms with E-state index in [-0.39, 0.29) is 16.8 Å². The SMILES string of the molecule is CC[C@H](C)NC(=O)[C@@H]1CCCN1S(=O)(=O)c1ccc(C)cc1. The molecule has 22 heavy (non-hydrogen) atoms. The first kappa shape index (κ1) is 17.0. The van der Waals surface area contributed by atoms with Gasteiger partial charge < -0.3 is 5.32 Å². The predicted molar refractivity (Wildman–Crippen MR) is 86.0 cm³/mol.